The monoisotopic (exact) mass is 706 g/mol. The van der Waals surface area contributed by atoms with Gasteiger partial charge in [-0.2, -0.15) is 4.98 Å². The molecule has 258 valence electrons. The average molecular weight is 707 g/mol. The number of aliphatic hydroxyl groups excluding tert-OH is 1. The van der Waals surface area contributed by atoms with E-state index in [2.05, 4.69) is 29.8 Å². The number of anilines is 2. The van der Waals surface area contributed by atoms with Crippen LogP contribution in [0.2, 0.25) is 0 Å². The molecule has 2 saturated heterocycles. The number of nitrogens with two attached hydrogens (primary N) is 3. The van der Waals surface area contributed by atoms with Crippen molar-refractivity contribution in [2.45, 2.75) is 62.3 Å². The van der Waals surface area contributed by atoms with E-state index in [4.69, 9.17) is 45.5 Å². The Labute approximate surface area is 263 Å². The molecule has 0 aliphatic carbocycles. The molecular weight excluding hydrogens is 674 g/mol. The lowest BCUT2D eigenvalue weighted by Gasteiger charge is -2.24. The van der Waals surface area contributed by atoms with E-state index in [9.17, 15) is 28.7 Å². The summed E-state index contributed by atoms with van der Waals surface area (Å²) in [6, 6.07) is -0.861. The van der Waals surface area contributed by atoms with Crippen molar-refractivity contribution in [1.82, 2.24) is 34.4 Å². The molecular formula is C22H32N10O13P2. The Balaban J connectivity index is 1.32. The van der Waals surface area contributed by atoms with Gasteiger partial charge in [0.25, 0.3) is 0 Å². The standard InChI is InChI=1S/C22H32N10O13P2/c1-9(23)20(34)30-15-17(33)12(44-21(15)32-8-28-16-18(25)26-7-27-19(16)32)6-42-47(39,40)45-10-4-14(31-3-2-13(24)29-22(31)35)43-11(10)5-41-46(36,37)38/h2-3,7-12,14-15,17,21,33H,4-6,23H2,1H3,(H,30,34)(H,39,40)(H2,24,29,35)(H2,25,26,27)(H2,36,37,38)/t9-,10-,11+,12+,14+,15+,17+,21+/m0/s1. The molecule has 2 aliphatic rings. The maximum absolute atomic E-state index is 13.1. The van der Waals surface area contributed by atoms with E-state index in [1.54, 1.807) is 0 Å². The topological polar surface area (TPSA) is 347 Å². The minimum atomic E-state index is -5.06. The normalized spacial score (nSPS) is 28.3. The summed E-state index contributed by atoms with van der Waals surface area (Å²) >= 11 is 0. The minimum Gasteiger partial charge on any atom is -0.388 e. The number of amides is 1. The van der Waals surface area contributed by atoms with Gasteiger partial charge in [-0.1, -0.05) is 0 Å². The van der Waals surface area contributed by atoms with Crippen LogP contribution in [-0.2, 0) is 37.0 Å². The predicted molar refractivity (Wildman–Crippen MR) is 155 cm³/mol. The first-order valence-electron chi connectivity index (χ1n) is 13.7. The van der Waals surface area contributed by atoms with Gasteiger partial charge in [-0.25, -0.2) is 28.9 Å². The molecule has 2 aliphatic heterocycles. The second-order valence-electron chi connectivity index (χ2n) is 10.6. The van der Waals surface area contributed by atoms with Crippen molar-refractivity contribution in [1.29, 1.82) is 0 Å². The van der Waals surface area contributed by atoms with Crippen LogP contribution in [0.3, 0.4) is 0 Å². The number of nitrogen functional groups attached to an aromatic ring is 2. The molecule has 25 heteroatoms. The van der Waals surface area contributed by atoms with Gasteiger partial charge >= 0.3 is 21.3 Å². The number of imidazole rings is 1. The number of nitrogens with zero attached hydrogens (tertiary/aromatic N) is 6. The summed E-state index contributed by atoms with van der Waals surface area (Å²) in [6.07, 6.45) is -4.58. The van der Waals surface area contributed by atoms with Crippen molar-refractivity contribution >= 4 is 44.4 Å². The summed E-state index contributed by atoms with van der Waals surface area (Å²) in [6.45, 7) is -0.146. The fourth-order valence-electron chi connectivity index (χ4n) is 4.95. The predicted octanol–water partition coefficient (Wildman–Crippen LogP) is -2.76. The summed E-state index contributed by atoms with van der Waals surface area (Å²) in [7, 11) is -10.1. The number of nitrogens with one attached hydrogen (secondary N) is 1. The number of hydrogen-bond acceptors (Lipinski definition) is 17. The summed E-state index contributed by atoms with van der Waals surface area (Å²) in [5.41, 5.74) is 16.6. The Morgan fingerprint density at radius 2 is 1.85 bits per heavy atom. The second kappa shape index (κ2) is 13.6. The van der Waals surface area contributed by atoms with Crippen LogP contribution in [0.15, 0.2) is 29.7 Å². The van der Waals surface area contributed by atoms with Gasteiger partial charge in [0.1, 0.15) is 54.3 Å². The van der Waals surface area contributed by atoms with Crippen LogP contribution in [0.4, 0.5) is 11.6 Å². The average Bonchev–Trinajstić information content (AvgIpc) is 3.66. The number of hydrogen-bond donors (Lipinski definition) is 8. The van der Waals surface area contributed by atoms with Gasteiger partial charge in [0.15, 0.2) is 17.7 Å². The molecule has 1 unspecified atom stereocenters. The van der Waals surface area contributed by atoms with Gasteiger partial charge in [0.2, 0.25) is 5.91 Å². The van der Waals surface area contributed by atoms with Gasteiger partial charge in [-0.3, -0.25) is 27.5 Å². The summed E-state index contributed by atoms with van der Waals surface area (Å²) in [5, 5.41) is 13.7. The number of phosphoric acid groups is 2. The Kier molecular flexibility index (Phi) is 10.1. The van der Waals surface area contributed by atoms with Gasteiger partial charge < -0.3 is 51.8 Å². The van der Waals surface area contributed by atoms with E-state index in [0.717, 1.165) is 4.57 Å². The van der Waals surface area contributed by atoms with Crippen LogP contribution in [-0.4, -0.2) is 104 Å². The van der Waals surface area contributed by atoms with Crippen LogP contribution in [0, 0.1) is 0 Å². The largest absolute Gasteiger partial charge is 0.472 e. The van der Waals surface area contributed by atoms with E-state index in [1.807, 2.05) is 0 Å². The molecule has 0 saturated carbocycles. The summed E-state index contributed by atoms with van der Waals surface area (Å²) in [5.74, 6) is -0.668. The molecule has 11 N–H and O–H groups in total. The van der Waals surface area contributed by atoms with Crippen molar-refractivity contribution in [2.75, 3.05) is 24.7 Å². The molecule has 0 aromatic carbocycles. The third-order valence-electron chi connectivity index (χ3n) is 7.17. The zero-order valence-electron chi connectivity index (χ0n) is 24.3. The van der Waals surface area contributed by atoms with Crippen LogP contribution in [0.25, 0.3) is 11.2 Å². The summed E-state index contributed by atoms with van der Waals surface area (Å²) in [4.78, 5) is 69.5. The Morgan fingerprint density at radius 1 is 1.13 bits per heavy atom. The quantitative estimate of drug-likeness (QED) is 0.0884. The fourth-order valence-corrected chi connectivity index (χ4v) is 6.25. The van der Waals surface area contributed by atoms with Crippen LogP contribution in [0.1, 0.15) is 25.8 Å². The van der Waals surface area contributed by atoms with Crippen molar-refractivity contribution in [3.63, 3.8) is 0 Å². The second-order valence-corrected chi connectivity index (χ2v) is 13.2. The molecule has 0 bridgehead atoms. The number of phosphoric ester groups is 2. The van der Waals surface area contributed by atoms with Crippen molar-refractivity contribution < 1.29 is 56.8 Å². The molecule has 1 amide bonds. The Hall–Kier alpha value is -3.44. The third-order valence-corrected chi connectivity index (χ3v) is 8.67. The van der Waals surface area contributed by atoms with Crippen LogP contribution < -0.4 is 28.2 Å². The smallest absolute Gasteiger partial charge is 0.388 e. The Bertz CT molecular complexity index is 1770. The minimum absolute atomic E-state index is 0.0573. The van der Waals surface area contributed by atoms with Crippen molar-refractivity contribution in [3.05, 3.63) is 35.4 Å². The van der Waals surface area contributed by atoms with Gasteiger partial charge in [0.05, 0.1) is 25.6 Å². The number of fused-ring (bicyclic) bond motifs is 1. The Morgan fingerprint density at radius 3 is 2.53 bits per heavy atom. The van der Waals surface area contributed by atoms with Gasteiger partial charge in [-0.15, -0.1) is 0 Å². The molecule has 47 heavy (non-hydrogen) atoms. The van der Waals surface area contributed by atoms with Crippen LogP contribution in [0.5, 0.6) is 0 Å². The number of carbonyl (C=O) groups is 1. The van der Waals surface area contributed by atoms with Crippen molar-refractivity contribution in [3.8, 4) is 0 Å². The van der Waals surface area contributed by atoms with E-state index in [-0.39, 0.29) is 29.2 Å². The zero-order valence-corrected chi connectivity index (χ0v) is 26.1. The lowest BCUT2D eigenvalue weighted by molar-refractivity contribution is -0.124. The van der Waals surface area contributed by atoms with E-state index >= 15 is 0 Å². The first-order chi connectivity index (χ1) is 22.0. The number of rotatable bonds is 12. The highest BCUT2D eigenvalue weighted by Crippen LogP contribution is 2.49. The number of aromatic nitrogens is 6. The summed E-state index contributed by atoms with van der Waals surface area (Å²) < 4.78 is 53.3. The molecule has 2 fully saturated rings. The number of ether oxygens (including phenoxy) is 2. The molecule has 3 aromatic heterocycles. The highest BCUT2D eigenvalue weighted by molar-refractivity contribution is 7.47. The van der Waals surface area contributed by atoms with Crippen LogP contribution >= 0.6 is 15.6 Å². The van der Waals surface area contributed by atoms with Gasteiger partial charge in [-0.05, 0) is 13.0 Å². The maximum Gasteiger partial charge on any atom is 0.472 e. The molecule has 23 nitrogen and oxygen atoms in total. The first-order valence-corrected chi connectivity index (χ1v) is 16.7. The lowest BCUT2D eigenvalue weighted by atomic mass is 10.1. The zero-order chi connectivity index (χ0) is 34.3. The molecule has 9 atom stereocenters. The number of carbonyl (C=O) groups excluding carboxylic acids is 1. The lowest BCUT2D eigenvalue weighted by Crippen LogP contribution is -2.51. The molecule has 0 spiro atoms. The molecule has 5 heterocycles. The van der Waals surface area contributed by atoms with Crippen molar-refractivity contribution in [2.24, 2.45) is 5.73 Å². The van der Waals surface area contributed by atoms with E-state index in [1.165, 1.54) is 36.4 Å². The highest BCUT2D eigenvalue weighted by atomic mass is 31.2. The SMILES string of the molecule is C[C@H](N)C(=O)N[C@@H]1[C@H](O)[C@@H](COP(=O)(O)O[C@H]2C[C@H](n3ccc(N)nc3=O)O[C@@H]2COP(=O)(O)O)O[C@H]1n1cnc2c(N)ncnc21. The molecule has 3 aromatic rings. The first kappa shape index (κ1) is 34.9. The van der Waals surface area contributed by atoms with E-state index < -0.39 is 89.4 Å². The highest BCUT2D eigenvalue weighted by Gasteiger charge is 2.48. The van der Waals surface area contributed by atoms with E-state index in [0.29, 0.717) is 0 Å². The third kappa shape index (κ3) is 8.00. The maximum atomic E-state index is 13.1. The molecule has 0 radical (unpaired) electrons. The molecule has 5 rings (SSSR count). The van der Waals surface area contributed by atoms with Gasteiger partial charge in [0, 0.05) is 12.6 Å². The number of aliphatic hydroxyl groups is 1. The fraction of sp³-hybridized carbons (Fsp3) is 0.545.